The third-order valence-electron chi connectivity index (χ3n) is 1.97. The minimum atomic E-state index is -3.41. The molecule has 0 aliphatic carbocycles. The Morgan fingerprint density at radius 3 is 2.62 bits per heavy atom. The van der Waals surface area contributed by atoms with Gasteiger partial charge in [0.2, 0.25) is 5.91 Å². The maximum atomic E-state index is 11.5. The zero-order valence-corrected chi connectivity index (χ0v) is 10.5. The number of nitrogens with two attached hydrogens (primary N) is 1. The van der Waals surface area contributed by atoms with Crippen LogP contribution in [0.2, 0.25) is 0 Å². The van der Waals surface area contributed by atoms with Crippen LogP contribution in [0.25, 0.3) is 0 Å². The van der Waals surface area contributed by atoms with Gasteiger partial charge in [0, 0.05) is 19.7 Å². The van der Waals surface area contributed by atoms with Crippen molar-refractivity contribution in [2.75, 3.05) is 31.8 Å². The van der Waals surface area contributed by atoms with Gasteiger partial charge in [-0.3, -0.25) is 4.79 Å². The van der Waals surface area contributed by atoms with E-state index in [0.717, 1.165) is 0 Å². The summed E-state index contributed by atoms with van der Waals surface area (Å²) in [6.07, 6.45) is 0.574. The molecule has 0 aromatic carbocycles. The van der Waals surface area contributed by atoms with Gasteiger partial charge in [0.15, 0.2) is 9.84 Å². The number of hydrogen-bond acceptors (Lipinski definition) is 5. The summed E-state index contributed by atoms with van der Waals surface area (Å²) in [5.74, 6) is -1.17. The first-order valence-corrected chi connectivity index (χ1v) is 6.95. The Morgan fingerprint density at radius 1 is 1.50 bits per heavy atom. The number of carbonyl (C=O) groups is 1. The first kappa shape index (κ1) is 15.3. The number of hydrogen-bond donors (Lipinski definition) is 2. The summed E-state index contributed by atoms with van der Waals surface area (Å²) < 4.78 is 27.7. The third kappa shape index (κ3) is 7.61. The van der Waals surface area contributed by atoms with Gasteiger partial charge < -0.3 is 15.8 Å². The van der Waals surface area contributed by atoms with Gasteiger partial charge in [-0.25, -0.2) is 8.42 Å². The molecule has 6 nitrogen and oxygen atoms in total. The number of rotatable bonds is 8. The fourth-order valence-corrected chi connectivity index (χ4v) is 2.55. The van der Waals surface area contributed by atoms with Crippen molar-refractivity contribution in [2.24, 2.45) is 5.73 Å². The van der Waals surface area contributed by atoms with Crippen LogP contribution in [0.5, 0.6) is 0 Å². The largest absolute Gasteiger partial charge is 0.383 e. The van der Waals surface area contributed by atoms with Gasteiger partial charge in [0.1, 0.15) is 5.75 Å². The molecule has 0 heterocycles. The lowest BCUT2D eigenvalue weighted by Gasteiger charge is -2.09. The quantitative estimate of drug-likeness (QED) is 0.534. The van der Waals surface area contributed by atoms with Crippen LogP contribution < -0.4 is 11.1 Å². The molecular weight excluding hydrogens is 232 g/mol. The normalized spacial score (nSPS) is 13.4. The number of ether oxygens (including phenoxy) is 1. The fraction of sp³-hybridized carbons (Fsp3) is 0.889. The zero-order valence-electron chi connectivity index (χ0n) is 9.73. The SMILES string of the molecule is CCC(N)CS(=O)(=O)CC(=O)NCCOC. The van der Waals surface area contributed by atoms with E-state index in [1.54, 1.807) is 6.92 Å². The van der Waals surface area contributed by atoms with E-state index in [9.17, 15) is 13.2 Å². The van der Waals surface area contributed by atoms with E-state index in [1.807, 2.05) is 0 Å². The molecule has 3 N–H and O–H groups in total. The first-order valence-electron chi connectivity index (χ1n) is 5.13. The van der Waals surface area contributed by atoms with E-state index in [1.165, 1.54) is 7.11 Å². The maximum absolute atomic E-state index is 11.5. The van der Waals surface area contributed by atoms with E-state index in [0.29, 0.717) is 19.6 Å². The standard InChI is InChI=1S/C9H20N2O4S/c1-3-8(10)6-16(13,14)7-9(12)11-4-5-15-2/h8H,3-7,10H2,1-2H3,(H,11,12). The van der Waals surface area contributed by atoms with Crippen molar-refractivity contribution in [3.8, 4) is 0 Å². The molecule has 7 heteroatoms. The van der Waals surface area contributed by atoms with Crippen molar-refractivity contribution >= 4 is 15.7 Å². The van der Waals surface area contributed by atoms with Gasteiger partial charge in [-0.1, -0.05) is 6.92 Å². The predicted octanol–water partition coefficient (Wildman–Crippen LogP) is -1.10. The van der Waals surface area contributed by atoms with Crippen LogP contribution in [-0.2, 0) is 19.4 Å². The molecule has 0 bridgehead atoms. The van der Waals surface area contributed by atoms with Gasteiger partial charge in [0.05, 0.1) is 12.4 Å². The van der Waals surface area contributed by atoms with Gasteiger partial charge in [-0.15, -0.1) is 0 Å². The Balaban J connectivity index is 4.01. The van der Waals surface area contributed by atoms with Crippen LogP contribution in [0.15, 0.2) is 0 Å². The molecule has 1 amide bonds. The van der Waals surface area contributed by atoms with Crippen molar-refractivity contribution in [3.05, 3.63) is 0 Å². The molecule has 0 aliphatic heterocycles. The Morgan fingerprint density at radius 2 is 2.12 bits per heavy atom. The fourth-order valence-electron chi connectivity index (χ4n) is 1.05. The molecule has 0 aliphatic rings. The number of amides is 1. The minimum Gasteiger partial charge on any atom is -0.383 e. The lowest BCUT2D eigenvalue weighted by atomic mass is 10.3. The molecule has 1 atom stereocenters. The highest BCUT2D eigenvalue weighted by Gasteiger charge is 2.19. The lowest BCUT2D eigenvalue weighted by molar-refractivity contribution is -0.118. The highest BCUT2D eigenvalue weighted by molar-refractivity contribution is 7.92. The highest BCUT2D eigenvalue weighted by Crippen LogP contribution is 1.96. The Bertz CT molecular complexity index is 303. The topological polar surface area (TPSA) is 98.5 Å². The van der Waals surface area contributed by atoms with Crippen LogP contribution in [0.1, 0.15) is 13.3 Å². The summed E-state index contributed by atoms with van der Waals surface area (Å²) in [5.41, 5.74) is 5.53. The van der Waals surface area contributed by atoms with Crippen LogP contribution in [0.3, 0.4) is 0 Å². The summed E-state index contributed by atoms with van der Waals surface area (Å²) in [5, 5.41) is 2.45. The number of methoxy groups -OCH3 is 1. The van der Waals surface area contributed by atoms with E-state index in [-0.39, 0.29) is 5.75 Å². The van der Waals surface area contributed by atoms with E-state index in [2.05, 4.69) is 5.32 Å². The number of sulfone groups is 1. The van der Waals surface area contributed by atoms with Crippen LogP contribution in [0, 0.1) is 0 Å². The van der Waals surface area contributed by atoms with Gasteiger partial charge in [-0.2, -0.15) is 0 Å². The Labute approximate surface area is 96.4 Å². The first-order chi connectivity index (χ1) is 7.41. The number of carbonyl (C=O) groups excluding carboxylic acids is 1. The third-order valence-corrected chi connectivity index (χ3v) is 3.61. The highest BCUT2D eigenvalue weighted by atomic mass is 32.2. The molecular formula is C9H20N2O4S. The molecule has 16 heavy (non-hydrogen) atoms. The molecule has 0 fully saturated rings. The molecule has 0 aromatic rings. The monoisotopic (exact) mass is 252 g/mol. The molecule has 0 saturated carbocycles. The average molecular weight is 252 g/mol. The van der Waals surface area contributed by atoms with Crippen molar-refractivity contribution < 1.29 is 17.9 Å². The summed E-state index contributed by atoms with van der Waals surface area (Å²) in [6, 6.07) is -0.406. The number of nitrogens with one attached hydrogen (secondary N) is 1. The molecule has 0 spiro atoms. The summed E-state index contributed by atoms with van der Waals surface area (Å²) in [6.45, 7) is 2.48. The van der Waals surface area contributed by atoms with Gasteiger partial charge >= 0.3 is 0 Å². The maximum Gasteiger partial charge on any atom is 0.235 e. The van der Waals surface area contributed by atoms with Crippen molar-refractivity contribution in [3.63, 3.8) is 0 Å². The van der Waals surface area contributed by atoms with E-state index < -0.39 is 27.5 Å². The van der Waals surface area contributed by atoms with Crippen molar-refractivity contribution in [2.45, 2.75) is 19.4 Å². The van der Waals surface area contributed by atoms with Crippen LogP contribution >= 0.6 is 0 Å². The molecule has 0 saturated heterocycles. The molecule has 0 rings (SSSR count). The second-order valence-corrected chi connectivity index (χ2v) is 5.67. The zero-order chi connectivity index (χ0) is 12.6. The second-order valence-electron chi connectivity index (χ2n) is 3.57. The average Bonchev–Trinajstić information content (AvgIpc) is 2.16. The predicted molar refractivity (Wildman–Crippen MR) is 61.8 cm³/mol. The van der Waals surface area contributed by atoms with Gasteiger partial charge in [0.25, 0.3) is 0 Å². The van der Waals surface area contributed by atoms with E-state index in [4.69, 9.17) is 10.5 Å². The Kier molecular flexibility index (Phi) is 7.27. The summed E-state index contributed by atoms with van der Waals surface area (Å²) in [4.78, 5) is 11.2. The summed E-state index contributed by atoms with van der Waals surface area (Å²) in [7, 11) is -1.90. The van der Waals surface area contributed by atoms with E-state index >= 15 is 0 Å². The van der Waals surface area contributed by atoms with Crippen LogP contribution in [0.4, 0.5) is 0 Å². The van der Waals surface area contributed by atoms with Crippen molar-refractivity contribution in [1.82, 2.24) is 5.32 Å². The summed E-state index contributed by atoms with van der Waals surface area (Å²) >= 11 is 0. The second kappa shape index (κ2) is 7.59. The molecule has 96 valence electrons. The Hall–Kier alpha value is -0.660. The molecule has 0 aromatic heterocycles. The van der Waals surface area contributed by atoms with Crippen molar-refractivity contribution in [1.29, 1.82) is 0 Å². The molecule has 0 radical (unpaired) electrons. The minimum absolute atomic E-state index is 0.152. The molecule has 1 unspecified atom stereocenters. The van der Waals surface area contributed by atoms with Crippen LogP contribution in [-0.4, -0.2) is 52.1 Å². The smallest absolute Gasteiger partial charge is 0.235 e. The van der Waals surface area contributed by atoms with Gasteiger partial charge in [-0.05, 0) is 6.42 Å². The lowest BCUT2D eigenvalue weighted by Crippen LogP contribution is -2.37.